The van der Waals surface area contributed by atoms with Crippen LogP contribution in [0.4, 0.5) is 0 Å². The van der Waals surface area contributed by atoms with Crippen molar-refractivity contribution in [2.45, 2.75) is 20.0 Å². The molecule has 3 rings (SSSR count). The Labute approximate surface area is 167 Å². The molecule has 3 aromatic rings. The van der Waals surface area contributed by atoms with Gasteiger partial charge in [-0.1, -0.05) is 6.92 Å². The van der Waals surface area contributed by atoms with Gasteiger partial charge in [0.25, 0.3) is 0 Å². The molecule has 7 heteroatoms. The first kappa shape index (κ1) is 19.7. The van der Waals surface area contributed by atoms with Crippen LogP contribution in [0.2, 0.25) is 0 Å². The topological polar surface area (TPSA) is 83.7 Å². The van der Waals surface area contributed by atoms with Gasteiger partial charge in [-0.2, -0.15) is 0 Å². The molecule has 2 N–H and O–H groups in total. The van der Waals surface area contributed by atoms with E-state index in [0.717, 1.165) is 39.1 Å². The van der Waals surface area contributed by atoms with Crippen LogP contribution in [0.15, 0.2) is 42.5 Å². The summed E-state index contributed by atoms with van der Waals surface area (Å²) in [5.74, 6) is 1.65. The summed E-state index contributed by atoms with van der Waals surface area (Å²) in [6.45, 7) is 2.47. The Morgan fingerprint density at radius 3 is 2.21 bits per heavy atom. The van der Waals surface area contributed by atoms with Gasteiger partial charge in [0, 0.05) is 17.2 Å². The Kier molecular flexibility index (Phi) is 6.16. The van der Waals surface area contributed by atoms with Crippen LogP contribution in [-0.4, -0.2) is 25.1 Å². The minimum absolute atomic E-state index is 0.401. The highest BCUT2D eigenvalue weighted by Gasteiger charge is 2.14. The van der Waals surface area contributed by atoms with E-state index in [-0.39, 0.29) is 0 Å². The molecule has 0 saturated heterocycles. The number of thiazole rings is 1. The van der Waals surface area contributed by atoms with Crippen molar-refractivity contribution in [2.24, 2.45) is 5.73 Å². The second-order valence-corrected chi connectivity index (χ2v) is 7.10. The lowest BCUT2D eigenvalue weighted by Gasteiger charge is -2.06. The summed E-state index contributed by atoms with van der Waals surface area (Å²) in [7, 11) is 3.25. The largest absolute Gasteiger partial charge is 0.497 e. The molecule has 1 amide bonds. The summed E-state index contributed by atoms with van der Waals surface area (Å²) in [5, 5.41) is 0.886. The molecule has 0 bridgehead atoms. The molecule has 28 heavy (non-hydrogen) atoms. The Balaban J connectivity index is 1.82. The molecule has 0 radical (unpaired) electrons. The van der Waals surface area contributed by atoms with Crippen molar-refractivity contribution < 1.29 is 19.0 Å². The fourth-order valence-electron chi connectivity index (χ4n) is 2.69. The number of primary amides is 1. The highest BCUT2D eigenvalue weighted by Crippen LogP contribution is 2.34. The average molecular weight is 398 g/mol. The number of carbonyl (C=O) groups is 1. The number of methoxy groups -OCH3 is 2. The van der Waals surface area contributed by atoms with Crippen molar-refractivity contribution in [3.05, 3.63) is 58.6 Å². The van der Waals surface area contributed by atoms with Crippen LogP contribution < -0.4 is 19.9 Å². The number of nitrogens with zero attached hydrogens (tertiary/aromatic N) is 1. The Morgan fingerprint density at radius 1 is 1.04 bits per heavy atom. The summed E-state index contributed by atoms with van der Waals surface area (Å²) in [6.07, 6.45) is 0.802. The Hall–Kier alpha value is -3.06. The second-order valence-electron chi connectivity index (χ2n) is 6.02. The molecular formula is C21H22N2O4S. The molecule has 0 saturated carbocycles. The van der Waals surface area contributed by atoms with E-state index in [4.69, 9.17) is 24.9 Å². The van der Waals surface area contributed by atoms with Crippen LogP contribution in [0.25, 0.3) is 10.6 Å². The first-order valence-corrected chi connectivity index (χ1v) is 9.60. The number of nitrogens with two attached hydrogens (primary N) is 1. The van der Waals surface area contributed by atoms with Crippen LogP contribution in [0.5, 0.6) is 17.2 Å². The van der Waals surface area contributed by atoms with Gasteiger partial charge in [0.1, 0.15) is 28.9 Å². The van der Waals surface area contributed by atoms with Crippen LogP contribution >= 0.6 is 11.3 Å². The van der Waals surface area contributed by atoms with E-state index in [2.05, 4.69) is 6.92 Å². The van der Waals surface area contributed by atoms with E-state index in [0.29, 0.717) is 17.9 Å². The number of rotatable bonds is 8. The molecule has 146 valence electrons. The number of amides is 1. The van der Waals surface area contributed by atoms with E-state index in [9.17, 15) is 4.79 Å². The van der Waals surface area contributed by atoms with E-state index < -0.39 is 5.91 Å². The molecule has 6 nitrogen and oxygen atoms in total. The number of benzene rings is 2. The van der Waals surface area contributed by atoms with E-state index in [1.165, 1.54) is 0 Å². The van der Waals surface area contributed by atoms with Gasteiger partial charge in [0.2, 0.25) is 5.91 Å². The minimum Gasteiger partial charge on any atom is -0.497 e. The van der Waals surface area contributed by atoms with Crippen molar-refractivity contribution in [1.29, 1.82) is 0 Å². The standard InChI is InChI=1S/C21H22N2O4S/c1-4-18-19(12-27-15-7-5-13(6-8-15)20(22)24)28-21(23-18)14-9-16(25-2)11-17(10-14)26-3/h5-11H,4,12H2,1-3H3,(H2,22,24). The summed E-state index contributed by atoms with van der Waals surface area (Å²) < 4.78 is 16.6. The molecule has 0 spiro atoms. The number of ether oxygens (including phenoxy) is 3. The normalized spacial score (nSPS) is 10.5. The molecule has 1 aromatic heterocycles. The van der Waals surface area contributed by atoms with E-state index >= 15 is 0 Å². The molecule has 0 aliphatic heterocycles. The van der Waals surface area contributed by atoms with Crippen LogP contribution in [-0.2, 0) is 13.0 Å². The molecule has 1 heterocycles. The third-order valence-corrected chi connectivity index (χ3v) is 5.34. The van der Waals surface area contributed by atoms with Crippen LogP contribution in [0.1, 0.15) is 27.9 Å². The fourth-order valence-corrected chi connectivity index (χ4v) is 3.74. The third kappa shape index (κ3) is 4.43. The summed E-state index contributed by atoms with van der Waals surface area (Å²) in [5.41, 5.74) is 7.65. The number of hydrogen-bond acceptors (Lipinski definition) is 6. The van der Waals surface area contributed by atoms with Gasteiger partial charge in [-0.3, -0.25) is 4.79 Å². The second kappa shape index (κ2) is 8.75. The van der Waals surface area contributed by atoms with E-state index in [1.807, 2.05) is 18.2 Å². The number of aryl methyl sites for hydroxylation is 1. The summed E-state index contributed by atoms with van der Waals surface area (Å²) in [4.78, 5) is 17.0. The zero-order valence-corrected chi connectivity index (χ0v) is 16.8. The van der Waals surface area contributed by atoms with Gasteiger partial charge in [0.15, 0.2) is 0 Å². The molecule has 0 atom stereocenters. The molecule has 0 aliphatic rings. The maximum Gasteiger partial charge on any atom is 0.248 e. The smallest absolute Gasteiger partial charge is 0.248 e. The summed E-state index contributed by atoms with van der Waals surface area (Å²) >= 11 is 1.58. The third-order valence-electron chi connectivity index (χ3n) is 4.22. The first-order valence-electron chi connectivity index (χ1n) is 8.78. The van der Waals surface area contributed by atoms with Gasteiger partial charge in [-0.25, -0.2) is 4.98 Å². The van der Waals surface area contributed by atoms with Gasteiger partial charge in [-0.15, -0.1) is 11.3 Å². The summed E-state index contributed by atoms with van der Waals surface area (Å²) in [6, 6.07) is 12.5. The molecule has 0 fully saturated rings. The van der Waals surface area contributed by atoms with Crippen molar-refractivity contribution in [3.63, 3.8) is 0 Å². The number of hydrogen-bond donors (Lipinski definition) is 1. The minimum atomic E-state index is -0.458. The van der Waals surface area contributed by atoms with Crippen LogP contribution in [0, 0.1) is 0 Å². The predicted octanol–water partition coefficient (Wildman–Crippen LogP) is 4.07. The molecule has 2 aromatic carbocycles. The zero-order chi connectivity index (χ0) is 20.1. The highest BCUT2D eigenvalue weighted by molar-refractivity contribution is 7.15. The molecular weight excluding hydrogens is 376 g/mol. The van der Waals surface area contributed by atoms with Gasteiger partial charge < -0.3 is 19.9 Å². The Bertz CT molecular complexity index is 945. The quantitative estimate of drug-likeness (QED) is 0.618. The predicted molar refractivity (Wildman–Crippen MR) is 109 cm³/mol. The van der Waals surface area contributed by atoms with Gasteiger partial charge >= 0.3 is 0 Å². The van der Waals surface area contributed by atoms with Gasteiger partial charge in [-0.05, 0) is 42.8 Å². The maximum absolute atomic E-state index is 11.2. The van der Waals surface area contributed by atoms with Crippen molar-refractivity contribution in [1.82, 2.24) is 4.98 Å². The average Bonchev–Trinajstić information content (AvgIpc) is 3.15. The maximum atomic E-state index is 11.2. The molecule has 0 aliphatic carbocycles. The molecule has 0 unspecified atom stereocenters. The lowest BCUT2D eigenvalue weighted by Crippen LogP contribution is -2.10. The lowest BCUT2D eigenvalue weighted by molar-refractivity contribution is 0.1000. The lowest BCUT2D eigenvalue weighted by atomic mass is 10.2. The van der Waals surface area contributed by atoms with Crippen molar-refractivity contribution in [3.8, 4) is 27.8 Å². The highest BCUT2D eigenvalue weighted by atomic mass is 32.1. The van der Waals surface area contributed by atoms with Crippen LogP contribution in [0.3, 0.4) is 0 Å². The fraction of sp³-hybridized carbons (Fsp3) is 0.238. The SMILES string of the molecule is CCc1nc(-c2cc(OC)cc(OC)c2)sc1COc1ccc(C(N)=O)cc1. The number of carbonyl (C=O) groups excluding carboxylic acids is 1. The number of aromatic nitrogens is 1. The van der Waals surface area contributed by atoms with Crippen molar-refractivity contribution in [2.75, 3.05) is 14.2 Å². The first-order chi connectivity index (χ1) is 13.5. The zero-order valence-electron chi connectivity index (χ0n) is 16.0. The Morgan fingerprint density at radius 2 is 1.68 bits per heavy atom. The van der Waals surface area contributed by atoms with Crippen molar-refractivity contribution >= 4 is 17.2 Å². The van der Waals surface area contributed by atoms with E-state index in [1.54, 1.807) is 49.8 Å². The van der Waals surface area contributed by atoms with Gasteiger partial charge in [0.05, 0.1) is 24.8 Å². The monoisotopic (exact) mass is 398 g/mol.